The number of halogens is 2. The largest absolute Gasteiger partial charge is 0.357 e. The molecular formula is C11H14BrFN2. The van der Waals surface area contributed by atoms with Gasteiger partial charge in [-0.1, -0.05) is 0 Å². The van der Waals surface area contributed by atoms with Crippen LogP contribution in [-0.2, 0) is 0 Å². The van der Waals surface area contributed by atoms with Gasteiger partial charge < -0.3 is 4.90 Å². The fraction of sp³-hybridized carbons (Fsp3) is 0.364. The highest BCUT2D eigenvalue weighted by Gasteiger charge is 2.11. The van der Waals surface area contributed by atoms with Crippen molar-refractivity contribution in [1.82, 2.24) is 4.90 Å². The second kappa shape index (κ2) is 5.26. The van der Waals surface area contributed by atoms with E-state index in [2.05, 4.69) is 15.9 Å². The van der Waals surface area contributed by atoms with Crippen molar-refractivity contribution in [3.05, 3.63) is 34.1 Å². The molecule has 1 N–H and O–H groups in total. The lowest BCUT2D eigenvalue weighted by Gasteiger charge is -2.22. The number of nitrogens with one attached hydrogen (secondary N) is 1. The molecule has 0 heterocycles. The van der Waals surface area contributed by atoms with Crippen LogP contribution in [0.2, 0.25) is 0 Å². The highest BCUT2D eigenvalue weighted by atomic mass is 79.9. The molecule has 0 aliphatic rings. The lowest BCUT2D eigenvalue weighted by Crippen LogP contribution is -2.30. The van der Waals surface area contributed by atoms with Crippen LogP contribution in [0.5, 0.6) is 0 Å². The first kappa shape index (κ1) is 12.2. The monoisotopic (exact) mass is 272 g/mol. The number of rotatable bonds is 3. The van der Waals surface area contributed by atoms with E-state index in [1.165, 1.54) is 12.1 Å². The molecule has 15 heavy (non-hydrogen) atoms. The van der Waals surface area contributed by atoms with Crippen LogP contribution in [0.4, 0.5) is 4.39 Å². The molecule has 1 aromatic rings. The molecule has 0 saturated heterocycles. The topological polar surface area (TPSA) is 27.1 Å². The third-order valence-electron chi connectivity index (χ3n) is 2.27. The van der Waals surface area contributed by atoms with Gasteiger partial charge in [-0.05, 0) is 48.0 Å². The molecule has 0 radical (unpaired) electrons. The maximum atomic E-state index is 12.9. The second-order valence-corrected chi connectivity index (χ2v) is 4.00. The van der Waals surface area contributed by atoms with E-state index >= 15 is 0 Å². The molecule has 82 valence electrons. The Morgan fingerprint density at radius 2 is 2.00 bits per heavy atom. The Morgan fingerprint density at radius 3 is 2.47 bits per heavy atom. The first-order valence-corrected chi connectivity index (χ1v) is 5.68. The van der Waals surface area contributed by atoms with Crippen LogP contribution in [-0.4, -0.2) is 23.8 Å². The minimum absolute atomic E-state index is 0.294. The zero-order chi connectivity index (χ0) is 11.4. The van der Waals surface area contributed by atoms with Crippen LogP contribution in [0.3, 0.4) is 0 Å². The van der Waals surface area contributed by atoms with Gasteiger partial charge in [-0.2, -0.15) is 0 Å². The van der Waals surface area contributed by atoms with Crippen molar-refractivity contribution in [3.63, 3.8) is 0 Å². The molecule has 0 aromatic heterocycles. The molecular weight excluding hydrogens is 259 g/mol. The predicted octanol–water partition coefficient (Wildman–Crippen LogP) is 3.26. The number of nitrogens with zero attached hydrogens (tertiary/aromatic N) is 1. The van der Waals surface area contributed by atoms with Crippen molar-refractivity contribution in [1.29, 1.82) is 5.41 Å². The summed E-state index contributed by atoms with van der Waals surface area (Å²) < 4.78 is 13.5. The molecule has 0 amide bonds. The molecule has 2 nitrogen and oxygen atoms in total. The fourth-order valence-corrected chi connectivity index (χ4v) is 1.93. The predicted molar refractivity (Wildman–Crippen MR) is 63.8 cm³/mol. The third kappa shape index (κ3) is 2.78. The number of hydrogen-bond acceptors (Lipinski definition) is 1. The lowest BCUT2D eigenvalue weighted by molar-refractivity contribution is 0.463. The number of hydrogen-bond donors (Lipinski definition) is 1. The Balaban J connectivity index is 3.00. The SMILES string of the molecule is CCN(CC)C(=N)c1ccc(F)cc1Br. The molecule has 0 bridgehead atoms. The van der Waals surface area contributed by atoms with Crippen LogP contribution >= 0.6 is 15.9 Å². The summed E-state index contributed by atoms with van der Waals surface area (Å²) in [7, 11) is 0. The van der Waals surface area contributed by atoms with Gasteiger partial charge in [0, 0.05) is 23.1 Å². The standard InChI is InChI=1S/C11H14BrFN2/c1-3-15(4-2)11(14)9-6-5-8(13)7-10(9)12/h5-7,14H,3-4H2,1-2H3. The first-order valence-electron chi connectivity index (χ1n) is 4.89. The summed E-state index contributed by atoms with van der Waals surface area (Å²) in [5.74, 6) is 0.129. The molecule has 1 rings (SSSR count). The summed E-state index contributed by atoms with van der Waals surface area (Å²) >= 11 is 3.27. The molecule has 0 spiro atoms. The highest BCUT2D eigenvalue weighted by Crippen LogP contribution is 2.19. The zero-order valence-electron chi connectivity index (χ0n) is 8.85. The zero-order valence-corrected chi connectivity index (χ0v) is 10.4. The van der Waals surface area contributed by atoms with Crippen LogP contribution in [0, 0.1) is 11.2 Å². The summed E-state index contributed by atoms with van der Waals surface area (Å²) in [6.45, 7) is 5.54. The maximum Gasteiger partial charge on any atom is 0.129 e. The van der Waals surface area contributed by atoms with Gasteiger partial charge in [0.1, 0.15) is 11.7 Å². The quantitative estimate of drug-likeness (QED) is 0.664. The fourth-order valence-electron chi connectivity index (χ4n) is 1.39. The average Bonchev–Trinajstić information content (AvgIpc) is 2.19. The summed E-state index contributed by atoms with van der Waals surface area (Å²) in [4.78, 5) is 1.91. The van der Waals surface area contributed by atoms with Gasteiger partial charge in [0.2, 0.25) is 0 Å². The van der Waals surface area contributed by atoms with E-state index in [0.29, 0.717) is 10.3 Å². The minimum Gasteiger partial charge on any atom is -0.357 e. The van der Waals surface area contributed by atoms with Crippen LogP contribution in [0.1, 0.15) is 19.4 Å². The van der Waals surface area contributed by atoms with Crippen LogP contribution in [0.25, 0.3) is 0 Å². The van der Waals surface area contributed by atoms with E-state index in [4.69, 9.17) is 5.41 Å². The first-order chi connectivity index (χ1) is 7.10. The molecule has 0 atom stereocenters. The van der Waals surface area contributed by atoms with Gasteiger partial charge >= 0.3 is 0 Å². The van der Waals surface area contributed by atoms with Gasteiger partial charge in [0.15, 0.2) is 0 Å². The van der Waals surface area contributed by atoms with Gasteiger partial charge in [-0.25, -0.2) is 4.39 Å². The molecule has 0 aliphatic carbocycles. The normalized spacial score (nSPS) is 10.1. The Bertz CT molecular complexity index is 362. The Morgan fingerprint density at radius 1 is 1.40 bits per heavy atom. The smallest absolute Gasteiger partial charge is 0.129 e. The van der Waals surface area contributed by atoms with Gasteiger partial charge in [-0.15, -0.1) is 0 Å². The van der Waals surface area contributed by atoms with E-state index < -0.39 is 0 Å². The van der Waals surface area contributed by atoms with E-state index in [9.17, 15) is 4.39 Å². The molecule has 0 fully saturated rings. The molecule has 4 heteroatoms. The van der Waals surface area contributed by atoms with E-state index in [1.807, 2.05) is 18.7 Å². The van der Waals surface area contributed by atoms with Crippen molar-refractivity contribution in [2.75, 3.05) is 13.1 Å². The number of benzene rings is 1. The highest BCUT2D eigenvalue weighted by molar-refractivity contribution is 9.10. The summed E-state index contributed by atoms with van der Waals surface area (Å²) in [5.41, 5.74) is 0.722. The summed E-state index contributed by atoms with van der Waals surface area (Å²) in [6, 6.07) is 4.38. The van der Waals surface area contributed by atoms with Crippen molar-refractivity contribution < 1.29 is 4.39 Å². The lowest BCUT2D eigenvalue weighted by atomic mass is 10.2. The molecule has 1 aromatic carbocycles. The van der Waals surface area contributed by atoms with Crippen LogP contribution in [0.15, 0.2) is 22.7 Å². The van der Waals surface area contributed by atoms with E-state index in [1.54, 1.807) is 6.07 Å². The molecule has 0 aliphatic heterocycles. The molecule has 0 unspecified atom stereocenters. The summed E-state index contributed by atoms with van der Waals surface area (Å²) in [5, 5.41) is 7.97. The summed E-state index contributed by atoms with van der Waals surface area (Å²) in [6.07, 6.45) is 0. The second-order valence-electron chi connectivity index (χ2n) is 3.15. The Labute approximate surface area is 97.7 Å². The van der Waals surface area contributed by atoms with Crippen molar-refractivity contribution in [3.8, 4) is 0 Å². The molecule has 0 saturated carbocycles. The maximum absolute atomic E-state index is 12.9. The Kier molecular flexibility index (Phi) is 4.27. The van der Waals surface area contributed by atoms with Crippen molar-refractivity contribution in [2.24, 2.45) is 0 Å². The van der Waals surface area contributed by atoms with Crippen molar-refractivity contribution >= 4 is 21.8 Å². The van der Waals surface area contributed by atoms with E-state index in [-0.39, 0.29) is 5.82 Å². The Hall–Kier alpha value is -0.900. The van der Waals surface area contributed by atoms with Crippen molar-refractivity contribution in [2.45, 2.75) is 13.8 Å². The van der Waals surface area contributed by atoms with Gasteiger partial charge in [-0.3, -0.25) is 5.41 Å². The third-order valence-corrected chi connectivity index (χ3v) is 2.92. The van der Waals surface area contributed by atoms with E-state index in [0.717, 1.165) is 18.7 Å². The number of amidine groups is 1. The van der Waals surface area contributed by atoms with Gasteiger partial charge in [0.05, 0.1) is 0 Å². The van der Waals surface area contributed by atoms with Crippen LogP contribution < -0.4 is 0 Å². The average molecular weight is 273 g/mol. The van der Waals surface area contributed by atoms with Gasteiger partial charge in [0.25, 0.3) is 0 Å². The minimum atomic E-state index is -0.294.